The molecule has 0 heterocycles. The van der Waals surface area contributed by atoms with E-state index >= 15 is 0 Å². The van der Waals surface area contributed by atoms with E-state index in [0.29, 0.717) is 17.9 Å². The summed E-state index contributed by atoms with van der Waals surface area (Å²) in [6.07, 6.45) is 1.79. The van der Waals surface area contributed by atoms with E-state index < -0.39 is 0 Å². The van der Waals surface area contributed by atoms with Crippen LogP contribution in [0.5, 0.6) is 11.5 Å². The second-order valence-electron chi connectivity index (χ2n) is 6.79. The van der Waals surface area contributed by atoms with Crippen molar-refractivity contribution in [2.45, 2.75) is 20.0 Å². The number of rotatable bonds is 9. The zero-order valence-electron chi connectivity index (χ0n) is 17.5. The maximum absolute atomic E-state index is 12.1. The number of amides is 1. The Morgan fingerprint density at radius 1 is 1.12 bits per heavy atom. The van der Waals surface area contributed by atoms with E-state index in [4.69, 9.17) is 9.47 Å². The van der Waals surface area contributed by atoms with Crippen molar-refractivity contribution in [3.63, 3.8) is 0 Å². The minimum atomic E-state index is -0.208. The largest absolute Gasteiger partial charge is 0.494 e. The highest BCUT2D eigenvalue weighted by Gasteiger charge is 2.06. The van der Waals surface area contributed by atoms with Gasteiger partial charge in [-0.25, -0.2) is 5.43 Å². The molecule has 0 saturated heterocycles. The fourth-order valence-corrected chi connectivity index (χ4v) is 3.41. The van der Waals surface area contributed by atoms with Crippen LogP contribution in [0.2, 0.25) is 0 Å². The number of benzene rings is 3. The number of hydrogen-bond donors (Lipinski definition) is 1. The van der Waals surface area contributed by atoms with Gasteiger partial charge in [0.25, 0.3) is 0 Å². The molecule has 0 fully saturated rings. The Morgan fingerprint density at radius 2 is 1.91 bits per heavy atom. The highest BCUT2D eigenvalue weighted by atomic mass is 79.9. The van der Waals surface area contributed by atoms with Crippen LogP contribution in [-0.2, 0) is 17.8 Å². The van der Waals surface area contributed by atoms with Crippen LogP contribution in [0.1, 0.15) is 29.2 Å². The van der Waals surface area contributed by atoms with Crippen molar-refractivity contribution in [3.8, 4) is 17.6 Å². The molecule has 3 rings (SSSR count). The van der Waals surface area contributed by atoms with E-state index in [0.717, 1.165) is 26.9 Å². The molecule has 0 radical (unpaired) electrons. The van der Waals surface area contributed by atoms with Crippen LogP contribution in [0, 0.1) is 11.3 Å². The molecule has 0 aliphatic heterocycles. The van der Waals surface area contributed by atoms with Gasteiger partial charge in [-0.05, 0) is 70.4 Å². The molecule has 1 amide bonds. The molecule has 0 saturated carbocycles. The van der Waals surface area contributed by atoms with Gasteiger partial charge < -0.3 is 9.47 Å². The fraction of sp³-hybridized carbons (Fsp3) is 0.160. The maximum Gasteiger partial charge on any atom is 0.244 e. The molecule has 32 heavy (non-hydrogen) atoms. The number of nitrogens with one attached hydrogen (secondary N) is 1. The molecule has 0 bridgehead atoms. The molecule has 3 aromatic carbocycles. The van der Waals surface area contributed by atoms with Gasteiger partial charge in [-0.2, -0.15) is 10.4 Å². The summed E-state index contributed by atoms with van der Waals surface area (Å²) < 4.78 is 12.0. The maximum atomic E-state index is 12.1. The lowest BCUT2D eigenvalue weighted by Crippen LogP contribution is -2.19. The molecule has 3 aromatic rings. The van der Waals surface area contributed by atoms with E-state index in [9.17, 15) is 10.1 Å². The van der Waals surface area contributed by atoms with Gasteiger partial charge in [-0.1, -0.05) is 30.3 Å². The Kier molecular flexibility index (Phi) is 8.41. The Hall–Kier alpha value is -3.63. The summed E-state index contributed by atoms with van der Waals surface area (Å²) in [4.78, 5) is 12.1. The quantitative estimate of drug-likeness (QED) is 0.337. The van der Waals surface area contributed by atoms with Crippen LogP contribution < -0.4 is 14.9 Å². The Balaban J connectivity index is 1.52. The van der Waals surface area contributed by atoms with E-state index in [1.807, 2.05) is 67.6 Å². The molecular formula is C25H22BrN3O3. The number of halogens is 1. The number of carbonyl (C=O) groups is 1. The molecular weight excluding hydrogens is 470 g/mol. The van der Waals surface area contributed by atoms with Crippen molar-refractivity contribution in [1.29, 1.82) is 5.26 Å². The molecule has 162 valence electrons. The van der Waals surface area contributed by atoms with Crippen molar-refractivity contribution < 1.29 is 14.3 Å². The standard InChI is InChI=1S/C25H22BrN3O3/c1-2-31-22-10-7-18(8-11-22)14-25(30)29-28-16-19-9-12-24(23(26)13-19)32-17-21-6-4-3-5-20(21)15-27/h3-13,16H,2,14,17H2,1H3,(H,29,30)/b28-16+. The SMILES string of the molecule is CCOc1ccc(CC(=O)N/N=C/c2ccc(OCc3ccccc3C#N)c(Br)c2)cc1. The zero-order chi connectivity index (χ0) is 22.8. The van der Waals surface area contributed by atoms with Gasteiger partial charge in [-0.3, -0.25) is 4.79 Å². The molecule has 0 aliphatic rings. The first kappa shape index (κ1) is 23.0. The van der Waals surface area contributed by atoms with Crippen LogP contribution in [0.4, 0.5) is 0 Å². The van der Waals surface area contributed by atoms with Gasteiger partial charge >= 0.3 is 0 Å². The lowest BCUT2D eigenvalue weighted by molar-refractivity contribution is -0.120. The minimum absolute atomic E-state index is 0.208. The summed E-state index contributed by atoms with van der Waals surface area (Å²) in [6.45, 7) is 2.82. The first-order valence-corrected chi connectivity index (χ1v) is 10.8. The van der Waals surface area contributed by atoms with Gasteiger partial charge in [0.05, 0.1) is 35.3 Å². The van der Waals surface area contributed by atoms with Crippen LogP contribution in [0.15, 0.2) is 76.3 Å². The smallest absolute Gasteiger partial charge is 0.244 e. The lowest BCUT2D eigenvalue weighted by atomic mass is 10.1. The summed E-state index contributed by atoms with van der Waals surface area (Å²) in [7, 11) is 0. The number of carbonyl (C=O) groups excluding carboxylic acids is 1. The van der Waals surface area contributed by atoms with E-state index in [2.05, 4.69) is 32.5 Å². The van der Waals surface area contributed by atoms with Crippen LogP contribution in [0.25, 0.3) is 0 Å². The summed E-state index contributed by atoms with van der Waals surface area (Å²) in [5, 5.41) is 13.2. The summed E-state index contributed by atoms with van der Waals surface area (Å²) in [5.41, 5.74) is 5.62. The van der Waals surface area contributed by atoms with Crippen LogP contribution >= 0.6 is 15.9 Å². The zero-order valence-corrected chi connectivity index (χ0v) is 19.1. The van der Waals surface area contributed by atoms with E-state index in [1.165, 1.54) is 0 Å². The predicted octanol–water partition coefficient (Wildman–Crippen LogP) is 4.99. The Morgan fingerprint density at radius 3 is 2.62 bits per heavy atom. The second-order valence-corrected chi connectivity index (χ2v) is 7.65. The third-order valence-electron chi connectivity index (χ3n) is 4.48. The van der Waals surface area contributed by atoms with Crippen LogP contribution in [-0.4, -0.2) is 18.7 Å². The molecule has 0 aliphatic carbocycles. The summed E-state index contributed by atoms with van der Waals surface area (Å²) >= 11 is 3.49. The average Bonchev–Trinajstić information content (AvgIpc) is 2.80. The van der Waals surface area contributed by atoms with E-state index in [-0.39, 0.29) is 18.9 Å². The van der Waals surface area contributed by atoms with Crippen LogP contribution in [0.3, 0.4) is 0 Å². The average molecular weight is 492 g/mol. The van der Waals surface area contributed by atoms with Crippen molar-refractivity contribution in [3.05, 3.63) is 93.5 Å². The topological polar surface area (TPSA) is 83.7 Å². The monoisotopic (exact) mass is 491 g/mol. The van der Waals surface area contributed by atoms with Gasteiger partial charge in [0.1, 0.15) is 18.1 Å². The number of ether oxygens (including phenoxy) is 2. The molecule has 6 nitrogen and oxygen atoms in total. The molecule has 0 spiro atoms. The fourth-order valence-electron chi connectivity index (χ4n) is 2.90. The van der Waals surface area contributed by atoms with Gasteiger partial charge in [0, 0.05) is 5.56 Å². The third kappa shape index (κ3) is 6.69. The second kappa shape index (κ2) is 11.7. The Labute approximate surface area is 195 Å². The summed E-state index contributed by atoms with van der Waals surface area (Å²) in [5.74, 6) is 1.22. The molecule has 1 N–H and O–H groups in total. The highest BCUT2D eigenvalue weighted by molar-refractivity contribution is 9.10. The number of hydrogen-bond acceptors (Lipinski definition) is 5. The lowest BCUT2D eigenvalue weighted by Gasteiger charge is -2.10. The number of hydrazone groups is 1. The Bertz CT molecular complexity index is 1140. The van der Waals surface area contributed by atoms with Crippen molar-refractivity contribution in [1.82, 2.24) is 5.43 Å². The van der Waals surface area contributed by atoms with Gasteiger partial charge in [0.2, 0.25) is 5.91 Å². The number of nitriles is 1. The summed E-state index contributed by atoms with van der Waals surface area (Å²) in [6, 6.07) is 22.4. The first-order valence-electron chi connectivity index (χ1n) is 10.0. The molecule has 7 heteroatoms. The molecule has 0 unspecified atom stereocenters. The first-order chi connectivity index (χ1) is 15.6. The van der Waals surface area contributed by atoms with E-state index in [1.54, 1.807) is 12.3 Å². The predicted molar refractivity (Wildman–Crippen MR) is 127 cm³/mol. The minimum Gasteiger partial charge on any atom is -0.494 e. The highest BCUT2D eigenvalue weighted by Crippen LogP contribution is 2.26. The third-order valence-corrected chi connectivity index (χ3v) is 5.10. The number of nitrogens with zero attached hydrogens (tertiary/aromatic N) is 2. The van der Waals surface area contributed by atoms with Crippen molar-refractivity contribution >= 4 is 28.1 Å². The van der Waals surface area contributed by atoms with Crippen molar-refractivity contribution in [2.75, 3.05) is 6.61 Å². The van der Waals surface area contributed by atoms with Gasteiger partial charge in [0.15, 0.2) is 0 Å². The molecule has 0 atom stereocenters. The molecule has 0 aromatic heterocycles. The normalized spacial score (nSPS) is 10.5. The van der Waals surface area contributed by atoms with Crippen molar-refractivity contribution in [2.24, 2.45) is 5.10 Å². The van der Waals surface area contributed by atoms with Gasteiger partial charge in [-0.15, -0.1) is 0 Å².